The van der Waals surface area contributed by atoms with Crippen molar-refractivity contribution in [1.82, 2.24) is 0 Å². The van der Waals surface area contributed by atoms with Crippen LogP contribution in [-0.4, -0.2) is 30.5 Å². The molecule has 0 aliphatic heterocycles. The number of rotatable bonds is 5. The molecule has 0 bridgehead atoms. The monoisotopic (exact) mass is 290 g/mol. The lowest BCUT2D eigenvalue weighted by molar-refractivity contribution is -0.175. The van der Waals surface area contributed by atoms with Crippen molar-refractivity contribution in [3.63, 3.8) is 0 Å². The number of hydrogen-bond acceptors (Lipinski definition) is 3. The zero-order valence-electron chi connectivity index (χ0n) is 9.43. The van der Waals surface area contributed by atoms with Crippen molar-refractivity contribution in [2.75, 3.05) is 6.61 Å². The Morgan fingerprint density at radius 3 is 1.74 bits per heavy atom. The average molecular weight is 290 g/mol. The predicted octanol–water partition coefficient (Wildman–Crippen LogP) is 2.73. The fraction of sp³-hybridized carbons (Fsp3) is 0.400. The van der Waals surface area contributed by atoms with E-state index in [2.05, 4.69) is 4.74 Å². The molecule has 0 atom stereocenters. The second-order valence-corrected chi connectivity index (χ2v) is 3.02. The molecule has 9 heteroatoms. The predicted molar refractivity (Wildman–Crippen MR) is 51.0 cm³/mol. The lowest BCUT2D eigenvalue weighted by Crippen LogP contribution is -2.34. The molecule has 19 heavy (non-hydrogen) atoms. The zero-order valence-corrected chi connectivity index (χ0v) is 9.43. The molecule has 0 unspecified atom stereocenters. The molecule has 3 nitrogen and oxygen atoms in total. The van der Waals surface area contributed by atoms with E-state index in [1.807, 2.05) is 0 Å². The molecule has 0 saturated heterocycles. The van der Waals surface area contributed by atoms with Crippen LogP contribution in [0.15, 0.2) is 24.0 Å². The second kappa shape index (κ2) is 6.39. The quantitative estimate of drug-likeness (QED) is 0.195. The van der Waals surface area contributed by atoms with Gasteiger partial charge in [0.25, 0.3) is 11.6 Å². The molecule has 0 rings (SSSR count). The van der Waals surface area contributed by atoms with Crippen LogP contribution in [-0.2, 0) is 14.3 Å². The van der Waals surface area contributed by atoms with E-state index in [-0.39, 0.29) is 12.7 Å². The number of allylic oxidation sites excluding steroid dienone is 3. The third kappa shape index (κ3) is 5.58. The van der Waals surface area contributed by atoms with Crippen LogP contribution in [0.25, 0.3) is 0 Å². The minimum atomic E-state index is -5.58. The molecule has 0 spiro atoms. The smallest absolute Gasteiger partial charge is 0.455 e. The number of Topliss-reactive ketones (excluding diaryl/α,β-unsaturated/α-hetero) is 2. The highest BCUT2D eigenvalue weighted by Crippen LogP contribution is 2.27. The molecule has 0 saturated carbocycles. The van der Waals surface area contributed by atoms with Gasteiger partial charge in [-0.1, -0.05) is 0 Å². The lowest BCUT2D eigenvalue weighted by atomic mass is 10.1. The number of carbonyl (C=O) groups is 2. The molecule has 0 aromatic rings. The van der Waals surface area contributed by atoms with Crippen molar-refractivity contribution in [2.45, 2.75) is 19.3 Å². The Bertz CT molecular complexity index is 374. The van der Waals surface area contributed by atoms with Crippen molar-refractivity contribution in [1.29, 1.82) is 0 Å². The summed E-state index contributed by atoms with van der Waals surface area (Å²) in [4.78, 5) is 21.5. The van der Waals surface area contributed by atoms with Gasteiger partial charge in [-0.05, 0) is 19.1 Å². The summed E-state index contributed by atoms with van der Waals surface area (Å²) < 4.78 is 76.9. The van der Waals surface area contributed by atoms with E-state index in [0.717, 1.165) is 6.26 Å². The van der Waals surface area contributed by atoms with Crippen LogP contribution in [0.3, 0.4) is 0 Å². The van der Waals surface area contributed by atoms with Crippen LogP contribution in [0.5, 0.6) is 0 Å². The molecule has 0 amide bonds. The van der Waals surface area contributed by atoms with Crippen molar-refractivity contribution in [2.24, 2.45) is 0 Å². The topological polar surface area (TPSA) is 43.4 Å². The van der Waals surface area contributed by atoms with Crippen LogP contribution >= 0.6 is 0 Å². The standard InChI is InChI=1S/C10H8F6O3/c1-2-19-5-3-4-6(7(17)9(11,12)13)8(18)10(14,15)16/h3-5H,2H2,1H3/b5-3+. The van der Waals surface area contributed by atoms with Crippen molar-refractivity contribution < 1.29 is 40.7 Å². The highest BCUT2D eigenvalue weighted by atomic mass is 19.4. The van der Waals surface area contributed by atoms with Crippen LogP contribution < -0.4 is 0 Å². The van der Waals surface area contributed by atoms with Gasteiger partial charge in [-0.3, -0.25) is 9.59 Å². The Morgan fingerprint density at radius 1 is 1.00 bits per heavy atom. The van der Waals surface area contributed by atoms with Crippen molar-refractivity contribution in [3.8, 4) is 0 Å². The summed E-state index contributed by atoms with van der Waals surface area (Å²) in [5.41, 5.74) is -2.02. The van der Waals surface area contributed by atoms with Gasteiger partial charge in [0.05, 0.1) is 18.4 Å². The van der Waals surface area contributed by atoms with E-state index < -0.39 is 29.5 Å². The fourth-order valence-corrected chi connectivity index (χ4v) is 0.847. The Labute approximate surface area is 103 Å². The summed E-state index contributed by atoms with van der Waals surface area (Å²) in [7, 11) is 0. The first-order valence-electron chi connectivity index (χ1n) is 4.73. The molecule has 0 aliphatic carbocycles. The molecule has 0 aromatic heterocycles. The van der Waals surface area contributed by atoms with Crippen LogP contribution in [0, 0.1) is 0 Å². The Balaban J connectivity index is 5.40. The molecule has 108 valence electrons. The van der Waals surface area contributed by atoms with E-state index in [1.54, 1.807) is 0 Å². The Hall–Kier alpha value is -1.80. The fourth-order valence-electron chi connectivity index (χ4n) is 0.847. The average Bonchev–Trinajstić information content (AvgIpc) is 2.25. The minimum absolute atomic E-state index is 0.111. The number of hydrogen-bond donors (Lipinski definition) is 0. The number of halogens is 6. The summed E-state index contributed by atoms with van der Waals surface area (Å²) in [6.45, 7) is 1.62. The van der Waals surface area contributed by atoms with Crippen molar-refractivity contribution >= 4 is 11.6 Å². The second-order valence-electron chi connectivity index (χ2n) is 3.02. The van der Waals surface area contributed by atoms with E-state index in [4.69, 9.17) is 0 Å². The third-order valence-electron chi connectivity index (χ3n) is 1.61. The summed E-state index contributed by atoms with van der Waals surface area (Å²) in [5.74, 6) is -5.73. The number of ether oxygens (including phenoxy) is 1. The Kier molecular flexibility index (Phi) is 5.79. The first-order valence-corrected chi connectivity index (χ1v) is 4.73. The molecule has 0 radical (unpaired) electrons. The molecule has 0 aliphatic rings. The normalized spacial score (nSPS) is 12.4. The van der Waals surface area contributed by atoms with Gasteiger partial charge in [-0.2, -0.15) is 26.3 Å². The maximum atomic E-state index is 12.1. The third-order valence-corrected chi connectivity index (χ3v) is 1.61. The largest absolute Gasteiger partial charge is 0.501 e. The maximum absolute atomic E-state index is 12.1. The first-order chi connectivity index (χ1) is 8.51. The number of carbonyl (C=O) groups excluding carboxylic acids is 2. The molecular formula is C10H8F6O3. The zero-order chi connectivity index (χ0) is 15.3. The minimum Gasteiger partial charge on any atom is -0.501 e. The highest BCUT2D eigenvalue weighted by molar-refractivity contribution is 6.23. The SMILES string of the molecule is CCO/C=C/C=C(C(=O)C(F)(F)F)C(=O)C(F)(F)F. The van der Waals surface area contributed by atoms with Gasteiger partial charge >= 0.3 is 12.4 Å². The molecule has 0 N–H and O–H groups in total. The lowest BCUT2D eigenvalue weighted by Gasteiger charge is -2.10. The molecule has 0 heterocycles. The summed E-state index contributed by atoms with van der Waals surface area (Å²) >= 11 is 0. The van der Waals surface area contributed by atoms with E-state index in [9.17, 15) is 35.9 Å². The van der Waals surface area contributed by atoms with E-state index >= 15 is 0 Å². The van der Waals surface area contributed by atoms with Crippen LogP contribution in [0.2, 0.25) is 0 Å². The maximum Gasteiger partial charge on any atom is 0.455 e. The van der Waals surface area contributed by atoms with E-state index in [0.29, 0.717) is 6.08 Å². The summed E-state index contributed by atoms with van der Waals surface area (Å²) in [5, 5.41) is 0. The molecular weight excluding hydrogens is 282 g/mol. The molecule has 0 aromatic carbocycles. The van der Waals surface area contributed by atoms with Gasteiger partial charge in [0.15, 0.2) is 0 Å². The Morgan fingerprint density at radius 2 is 1.42 bits per heavy atom. The summed E-state index contributed by atoms with van der Waals surface area (Å²) in [6, 6.07) is 0. The van der Waals surface area contributed by atoms with Gasteiger partial charge in [0.1, 0.15) is 0 Å². The van der Waals surface area contributed by atoms with Crippen LogP contribution in [0.4, 0.5) is 26.3 Å². The van der Waals surface area contributed by atoms with Gasteiger partial charge in [-0.15, -0.1) is 0 Å². The van der Waals surface area contributed by atoms with E-state index in [1.165, 1.54) is 6.92 Å². The van der Waals surface area contributed by atoms with Gasteiger partial charge in [0, 0.05) is 0 Å². The van der Waals surface area contributed by atoms with Gasteiger partial charge < -0.3 is 4.74 Å². The first kappa shape index (κ1) is 17.2. The summed E-state index contributed by atoms with van der Waals surface area (Å²) in [6.07, 6.45) is -9.68. The van der Waals surface area contributed by atoms with Gasteiger partial charge in [-0.25, -0.2) is 0 Å². The highest BCUT2D eigenvalue weighted by Gasteiger charge is 2.49. The van der Waals surface area contributed by atoms with Gasteiger partial charge in [0.2, 0.25) is 0 Å². The van der Waals surface area contributed by atoms with Crippen LogP contribution in [0.1, 0.15) is 6.92 Å². The number of alkyl halides is 6. The number of ketones is 2. The van der Waals surface area contributed by atoms with Crippen molar-refractivity contribution in [3.05, 3.63) is 24.0 Å². The molecule has 0 fully saturated rings.